The van der Waals surface area contributed by atoms with Crippen molar-refractivity contribution in [1.29, 1.82) is 0 Å². The zero-order valence-corrected chi connectivity index (χ0v) is 4.96. The summed E-state index contributed by atoms with van der Waals surface area (Å²) in [7, 11) is 0. The monoisotopic (exact) mass is 127 g/mol. The molecule has 1 aromatic rings. The van der Waals surface area contributed by atoms with Crippen molar-refractivity contribution in [3.05, 3.63) is 12.0 Å². The molecule has 4 heteroatoms. The van der Waals surface area contributed by atoms with E-state index >= 15 is 0 Å². The number of H-pyrrole nitrogens is 1. The molecule has 1 rings (SSSR count). The van der Waals surface area contributed by atoms with Crippen molar-refractivity contribution in [3.8, 4) is 5.88 Å². The van der Waals surface area contributed by atoms with Gasteiger partial charge in [0.1, 0.15) is 0 Å². The minimum absolute atomic E-state index is 0.0560. The van der Waals surface area contributed by atoms with Gasteiger partial charge in [0, 0.05) is 6.42 Å². The molecular weight excluding hydrogens is 118 g/mol. The van der Waals surface area contributed by atoms with E-state index in [4.69, 9.17) is 10.8 Å². The summed E-state index contributed by atoms with van der Waals surface area (Å²) in [6, 6.07) is 0. The Morgan fingerprint density at radius 3 is 3.00 bits per heavy atom. The summed E-state index contributed by atoms with van der Waals surface area (Å²) in [5, 5.41) is 8.88. The van der Waals surface area contributed by atoms with Crippen LogP contribution in [-0.4, -0.2) is 21.6 Å². The van der Waals surface area contributed by atoms with Crippen LogP contribution in [0.3, 0.4) is 0 Å². The third-order valence-electron chi connectivity index (χ3n) is 1.09. The molecule has 0 aliphatic rings. The van der Waals surface area contributed by atoms with E-state index in [1.54, 1.807) is 0 Å². The molecule has 0 bridgehead atoms. The molecule has 1 aromatic heterocycles. The lowest BCUT2D eigenvalue weighted by atomic mass is 10.3. The molecule has 0 fully saturated rings. The van der Waals surface area contributed by atoms with Gasteiger partial charge in [-0.2, -0.15) is 0 Å². The number of aromatic amines is 1. The van der Waals surface area contributed by atoms with Gasteiger partial charge < -0.3 is 15.8 Å². The number of hydrogen-bond acceptors (Lipinski definition) is 3. The van der Waals surface area contributed by atoms with Gasteiger partial charge in [-0.25, -0.2) is 4.98 Å². The van der Waals surface area contributed by atoms with Gasteiger partial charge in [0.15, 0.2) is 0 Å². The molecule has 0 amide bonds. The van der Waals surface area contributed by atoms with Gasteiger partial charge in [-0.15, -0.1) is 0 Å². The normalized spacial score (nSPS) is 9.89. The van der Waals surface area contributed by atoms with Crippen molar-refractivity contribution in [2.45, 2.75) is 6.42 Å². The summed E-state index contributed by atoms with van der Waals surface area (Å²) in [6.07, 6.45) is 2.09. The zero-order chi connectivity index (χ0) is 6.69. The van der Waals surface area contributed by atoms with E-state index < -0.39 is 0 Å². The highest BCUT2D eigenvalue weighted by Gasteiger charge is 1.99. The average Bonchev–Trinajstić information content (AvgIpc) is 2.18. The third-order valence-corrected chi connectivity index (χ3v) is 1.09. The van der Waals surface area contributed by atoms with Crippen LogP contribution in [0.1, 0.15) is 5.69 Å². The number of aromatic nitrogens is 2. The summed E-state index contributed by atoms with van der Waals surface area (Å²) in [5.74, 6) is 0.0560. The lowest BCUT2D eigenvalue weighted by Gasteiger charge is -1.90. The molecule has 4 nitrogen and oxygen atoms in total. The molecule has 0 atom stereocenters. The molecule has 0 saturated carbocycles. The van der Waals surface area contributed by atoms with Crippen LogP contribution in [0, 0.1) is 0 Å². The van der Waals surface area contributed by atoms with Crippen molar-refractivity contribution in [2.75, 3.05) is 6.54 Å². The van der Waals surface area contributed by atoms with Crippen LogP contribution in [0.2, 0.25) is 0 Å². The summed E-state index contributed by atoms with van der Waals surface area (Å²) < 4.78 is 0. The Morgan fingerprint density at radius 2 is 2.56 bits per heavy atom. The molecule has 1 heterocycles. The fraction of sp³-hybridized carbons (Fsp3) is 0.400. The van der Waals surface area contributed by atoms with Crippen LogP contribution in [0.5, 0.6) is 5.88 Å². The van der Waals surface area contributed by atoms with Gasteiger partial charge >= 0.3 is 0 Å². The first-order valence-electron chi connectivity index (χ1n) is 2.76. The van der Waals surface area contributed by atoms with Crippen LogP contribution in [0.25, 0.3) is 0 Å². The number of hydrogen-bond donors (Lipinski definition) is 3. The Morgan fingerprint density at radius 1 is 1.78 bits per heavy atom. The number of imidazole rings is 1. The highest BCUT2D eigenvalue weighted by atomic mass is 16.3. The lowest BCUT2D eigenvalue weighted by Crippen LogP contribution is -2.02. The van der Waals surface area contributed by atoms with E-state index in [0.717, 1.165) is 0 Å². The molecule has 9 heavy (non-hydrogen) atoms. The van der Waals surface area contributed by atoms with Crippen LogP contribution >= 0.6 is 0 Å². The summed E-state index contributed by atoms with van der Waals surface area (Å²) in [6.45, 7) is 0.524. The minimum atomic E-state index is 0.0560. The van der Waals surface area contributed by atoms with E-state index in [-0.39, 0.29) is 5.88 Å². The maximum Gasteiger partial charge on any atom is 0.232 e. The predicted molar refractivity (Wildman–Crippen MR) is 33.0 cm³/mol. The fourth-order valence-corrected chi connectivity index (χ4v) is 0.642. The maximum absolute atomic E-state index is 8.88. The molecule has 0 aliphatic carbocycles. The lowest BCUT2D eigenvalue weighted by molar-refractivity contribution is 0.449. The van der Waals surface area contributed by atoms with Crippen LogP contribution in [-0.2, 0) is 6.42 Å². The van der Waals surface area contributed by atoms with E-state index in [1.807, 2.05) is 0 Å². The van der Waals surface area contributed by atoms with Gasteiger partial charge in [0.05, 0.1) is 12.0 Å². The standard InChI is InChI=1S/C5H9N3O/c6-2-1-4-5(9)8-3-7-4/h3,9H,1-2,6H2,(H,7,8). The second-order valence-electron chi connectivity index (χ2n) is 1.74. The average molecular weight is 127 g/mol. The maximum atomic E-state index is 8.88. The number of nitrogens with one attached hydrogen (secondary N) is 1. The zero-order valence-electron chi connectivity index (χ0n) is 4.96. The summed E-state index contributed by atoms with van der Waals surface area (Å²) >= 11 is 0. The van der Waals surface area contributed by atoms with Crippen molar-refractivity contribution in [3.63, 3.8) is 0 Å². The molecule has 0 spiro atoms. The Bertz CT molecular complexity index is 184. The first-order chi connectivity index (χ1) is 4.34. The second-order valence-corrected chi connectivity index (χ2v) is 1.74. The van der Waals surface area contributed by atoms with Crippen LogP contribution < -0.4 is 5.73 Å². The SMILES string of the molecule is NCCc1[nH]cnc1O. The Hall–Kier alpha value is -1.03. The fourth-order valence-electron chi connectivity index (χ4n) is 0.642. The summed E-state index contributed by atoms with van der Waals surface area (Å²) in [4.78, 5) is 6.34. The highest BCUT2D eigenvalue weighted by Crippen LogP contribution is 2.08. The van der Waals surface area contributed by atoms with Crippen LogP contribution in [0.4, 0.5) is 0 Å². The Kier molecular flexibility index (Phi) is 1.69. The van der Waals surface area contributed by atoms with Crippen molar-refractivity contribution >= 4 is 0 Å². The van der Waals surface area contributed by atoms with Gasteiger partial charge in [-0.05, 0) is 6.54 Å². The van der Waals surface area contributed by atoms with Gasteiger partial charge in [-0.3, -0.25) is 0 Å². The van der Waals surface area contributed by atoms with E-state index in [1.165, 1.54) is 6.33 Å². The number of aromatic hydroxyl groups is 1. The first-order valence-corrected chi connectivity index (χ1v) is 2.76. The first kappa shape index (κ1) is 6.10. The molecule has 0 unspecified atom stereocenters. The predicted octanol–water partition coefficient (Wildman–Crippen LogP) is -0.384. The second kappa shape index (κ2) is 2.50. The number of nitrogens with two attached hydrogens (primary N) is 1. The smallest absolute Gasteiger partial charge is 0.232 e. The third kappa shape index (κ3) is 1.20. The topological polar surface area (TPSA) is 74.9 Å². The molecule has 0 aliphatic heterocycles. The molecule has 50 valence electrons. The Balaban J connectivity index is 2.69. The molecular formula is C5H9N3O. The molecule has 0 saturated heterocycles. The molecule has 0 radical (unpaired) electrons. The largest absolute Gasteiger partial charge is 0.492 e. The van der Waals surface area contributed by atoms with Crippen LogP contribution in [0.15, 0.2) is 6.33 Å². The van der Waals surface area contributed by atoms with Crippen molar-refractivity contribution in [1.82, 2.24) is 9.97 Å². The minimum Gasteiger partial charge on any atom is -0.492 e. The highest BCUT2D eigenvalue weighted by molar-refractivity contribution is 5.15. The number of nitrogens with zero attached hydrogens (tertiary/aromatic N) is 1. The molecule has 0 aromatic carbocycles. The van der Waals surface area contributed by atoms with Gasteiger partial charge in [-0.1, -0.05) is 0 Å². The van der Waals surface area contributed by atoms with Crippen molar-refractivity contribution in [2.24, 2.45) is 5.73 Å². The summed E-state index contributed by atoms with van der Waals surface area (Å²) in [5.41, 5.74) is 5.94. The van der Waals surface area contributed by atoms with E-state index in [2.05, 4.69) is 9.97 Å². The van der Waals surface area contributed by atoms with Gasteiger partial charge in [0.25, 0.3) is 0 Å². The van der Waals surface area contributed by atoms with Gasteiger partial charge in [0.2, 0.25) is 5.88 Å². The number of rotatable bonds is 2. The van der Waals surface area contributed by atoms with E-state index in [9.17, 15) is 0 Å². The molecule has 4 N–H and O–H groups in total. The van der Waals surface area contributed by atoms with E-state index in [0.29, 0.717) is 18.7 Å². The van der Waals surface area contributed by atoms with Crippen molar-refractivity contribution < 1.29 is 5.11 Å². The quantitative estimate of drug-likeness (QED) is 0.506. The Labute approximate surface area is 52.7 Å².